The molecule has 0 saturated heterocycles. The molecule has 0 bridgehead atoms. The highest BCUT2D eigenvalue weighted by Gasteiger charge is 2.31. The van der Waals surface area contributed by atoms with Crippen LogP contribution in [0, 0.1) is 0 Å². The summed E-state index contributed by atoms with van der Waals surface area (Å²) in [6.45, 7) is 6.28. The Balaban J connectivity index is 2.14. The molecule has 0 aromatic heterocycles. The second kappa shape index (κ2) is 5.39. The molecule has 0 aliphatic carbocycles. The first-order chi connectivity index (χ1) is 8.91. The number of aliphatic hydroxyl groups excluding tert-OH is 1. The Morgan fingerprint density at radius 2 is 2.26 bits per heavy atom. The normalized spacial score (nSPS) is 22.3. The molecule has 1 heterocycles. The van der Waals surface area contributed by atoms with Gasteiger partial charge < -0.3 is 20.3 Å². The molecule has 1 aromatic rings. The number of fused-ring (bicyclic) bond motifs is 1. The summed E-state index contributed by atoms with van der Waals surface area (Å²) in [5.41, 5.74) is 6.92. The molecular formula is C15H23NO3. The predicted molar refractivity (Wildman–Crippen MR) is 74.5 cm³/mol. The van der Waals surface area contributed by atoms with Crippen LogP contribution in [0.5, 0.6) is 11.5 Å². The molecule has 3 N–H and O–H groups in total. The number of aliphatic hydroxyl groups is 1. The van der Waals surface area contributed by atoms with E-state index in [-0.39, 0.29) is 11.6 Å². The van der Waals surface area contributed by atoms with Crippen LogP contribution < -0.4 is 15.2 Å². The lowest BCUT2D eigenvalue weighted by Crippen LogP contribution is -2.37. The monoisotopic (exact) mass is 265 g/mol. The van der Waals surface area contributed by atoms with Crippen molar-refractivity contribution in [1.29, 1.82) is 0 Å². The van der Waals surface area contributed by atoms with Crippen LogP contribution in [-0.4, -0.2) is 23.4 Å². The Bertz CT molecular complexity index is 445. The van der Waals surface area contributed by atoms with E-state index in [2.05, 4.69) is 0 Å². The molecule has 0 saturated carbocycles. The smallest absolute Gasteiger partial charge is 0.128 e. The van der Waals surface area contributed by atoms with Crippen molar-refractivity contribution in [2.75, 3.05) is 6.61 Å². The van der Waals surface area contributed by atoms with Crippen LogP contribution in [0.15, 0.2) is 18.2 Å². The first-order valence-corrected chi connectivity index (χ1v) is 6.80. The van der Waals surface area contributed by atoms with E-state index in [4.69, 9.17) is 15.2 Å². The van der Waals surface area contributed by atoms with Gasteiger partial charge in [0.2, 0.25) is 0 Å². The summed E-state index contributed by atoms with van der Waals surface area (Å²) in [6.07, 6.45) is 1.05. The number of hydrogen-bond acceptors (Lipinski definition) is 4. The molecule has 106 valence electrons. The van der Waals surface area contributed by atoms with Crippen LogP contribution in [0.4, 0.5) is 0 Å². The van der Waals surface area contributed by atoms with Gasteiger partial charge in [0, 0.05) is 24.1 Å². The van der Waals surface area contributed by atoms with Crippen LogP contribution in [0.2, 0.25) is 0 Å². The molecule has 2 rings (SSSR count). The van der Waals surface area contributed by atoms with Gasteiger partial charge in [-0.05, 0) is 26.3 Å². The Morgan fingerprint density at radius 3 is 2.95 bits per heavy atom. The summed E-state index contributed by atoms with van der Waals surface area (Å²) in [4.78, 5) is 0. The maximum atomic E-state index is 9.51. The topological polar surface area (TPSA) is 64.7 Å². The largest absolute Gasteiger partial charge is 0.491 e. The highest BCUT2D eigenvalue weighted by Crippen LogP contribution is 2.39. The molecule has 0 spiro atoms. The second-order valence-corrected chi connectivity index (χ2v) is 5.75. The Hall–Kier alpha value is -1.26. The lowest BCUT2D eigenvalue weighted by molar-refractivity contribution is 0.0714. The van der Waals surface area contributed by atoms with Gasteiger partial charge in [-0.1, -0.05) is 13.0 Å². The van der Waals surface area contributed by atoms with Crippen molar-refractivity contribution in [3.63, 3.8) is 0 Å². The summed E-state index contributed by atoms with van der Waals surface area (Å²) in [5, 5.41) is 9.51. The van der Waals surface area contributed by atoms with Gasteiger partial charge >= 0.3 is 0 Å². The van der Waals surface area contributed by atoms with Crippen molar-refractivity contribution in [2.45, 2.75) is 51.4 Å². The third-order valence-electron chi connectivity index (χ3n) is 3.40. The van der Waals surface area contributed by atoms with E-state index >= 15 is 0 Å². The molecule has 1 aromatic carbocycles. The first kappa shape index (κ1) is 14.2. The van der Waals surface area contributed by atoms with Crippen LogP contribution in [-0.2, 0) is 0 Å². The maximum absolute atomic E-state index is 9.51. The van der Waals surface area contributed by atoms with Crippen molar-refractivity contribution in [1.82, 2.24) is 0 Å². The zero-order valence-electron chi connectivity index (χ0n) is 11.8. The van der Waals surface area contributed by atoms with Gasteiger partial charge in [0.05, 0.1) is 6.10 Å². The molecule has 1 aliphatic rings. The second-order valence-electron chi connectivity index (χ2n) is 5.75. The number of hydrogen-bond donors (Lipinski definition) is 2. The van der Waals surface area contributed by atoms with Gasteiger partial charge in [0.1, 0.15) is 23.7 Å². The SMILES string of the molecule is CCC(O)COc1ccc2c(c1)OC(C)(C)CC2N. The number of ether oxygens (including phenoxy) is 2. The molecule has 19 heavy (non-hydrogen) atoms. The van der Waals surface area contributed by atoms with Gasteiger partial charge in [-0.25, -0.2) is 0 Å². The minimum atomic E-state index is -0.435. The van der Waals surface area contributed by atoms with Crippen molar-refractivity contribution < 1.29 is 14.6 Å². The molecule has 0 fully saturated rings. The van der Waals surface area contributed by atoms with E-state index in [1.165, 1.54) is 0 Å². The molecule has 0 radical (unpaired) electrons. The number of rotatable bonds is 4. The van der Waals surface area contributed by atoms with Crippen molar-refractivity contribution in [3.8, 4) is 11.5 Å². The quantitative estimate of drug-likeness (QED) is 0.877. The lowest BCUT2D eigenvalue weighted by Gasteiger charge is -2.36. The predicted octanol–water partition coefficient (Wildman–Crippen LogP) is 2.40. The van der Waals surface area contributed by atoms with E-state index in [0.717, 1.165) is 17.7 Å². The Kier molecular flexibility index (Phi) is 4.02. The van der Waals surface area contributed by atoms with E-state index in [1.54, 1.807) is 0 Å². The standard InChI is InChI=1S/C15H23NO3/c1-4-10(17)9-18-11-5-6-12-13(16)8-15(2,3)19-14(12)7-11/h5-7,10,13,17H,4,8-9,16H2,1-3H3. The minimum absolute atomic E-state index is 0.00553. The van der Waals surface area contributed by atoms with Crippen molar-refractivity contribution in [2.24, 2.45) is 5.73 Å². The third kappa shape index (κ3) is 3.39. The average molecular weight is 265 g/mol. The summed E-state index contributed by atoms with van der Waals surface area (Å²) in [7, 11) is 0. The Morgan fingerprint density at radius 1 is 1.53 bits per heavy atom. The number of benzene rings is 1. The fourth-order valence-electron chi connectivity index (χ4n) is 2.29. The summed E-state index contributed by atoms with van der Waals surface area (Å²) in [5.74, 6) is 1.49. The van der Waals surface area contributed by atoms with Crippen molar-refractivity contribution >= 4 is 0 Å². The highest BCUT2D eigenvalue weighted by molar-refractivity contribution is 5.44. The number of nitrogens with two attached hydrogens (primary N) is 1. The van der Waals surface area contributed by atoms with Crippen LogP contribution in [0.1, 0.15) is 45.2 Å². The third-order valence-corrected chi connectivity index (χ3v) is 3.40. The molecule has 1 aliphatic heterocycles. The van der Waals surface area contributed by atoms with Gasteiger partial charge in [-0.2, -0.15) is 0 Å². The van der Waals surface area contributed by atoms with Gasteiger partial charge in [0.15, 0.2) is 0 Å². The lowest BCUT2D eigenvalue weighted by atomic mass is 9.90. The molecular weight excluding hydrogens is 242 g/mol. The summed E-state index contributed by atoms with van der Waals surface area (Å²) >= 11 is 0. The van der Waals surface area contributed by atoms with Gasteiger partial charge in [-0.15, -0.1) is 0 Å². The molecule has 4 nitrogen and oxygen atoms in total. The molecule has 2 atom stereocenters. The maximum Gasteiger partial charge on any atom is 0.128 e. The van der Waals surface area contributed by atoms with E-state index in [1.807, 2.05) is 39.0 Å². The molecule has 4 heteroatoms. The van der Waals surface area contributed by atoms with Crippen molar-refractivity contribution in [3.05, 3.63) is 23.8 Å². The molecule has 2 unspecified atom stereocenters. The average Bonchev–Trinajstić information content (AvgIpc) is 2.33. The molecule has 0 amide bonds. The van der Waals surface area contributed by atoms with E-state index < -0.39 is 6.10 Å². The fourth-order valence-corrected chi connectivity index (χ4v) is 2.29. The summed E-state index contributed by atoms with van der Waals surface area (Å²) < 4.78 is 11.5. The minimum Gasteiger partial charge on any atom is -0.491 e. The zero-order valence-corrected chi connectivity index (χ0v) is 11.8. The van der Waals surface area contributed by atoms with Crippen LogP contribution in [0.25, 0.3) is 0 Å². The summed E-state index contributed by atoms with van der Waals surface area (Å²) in [6, 6.07) is 5.68. The Labute approximate surface area is 114 Å². The zero-order chi connectivity index (χ0) is 14.0. The first-order valence-electron chi connectivity index (χ1n) is 6.80. The van der Waals surface area contributed by atoms with Crippen LogP contribution >= 0.6 is 0 Å². The van der Waals surface area contributed by atoms with E-state index in [9.17, 15) is 5.11 Å². The van der Waals surface area contributed by atoms with Gasteiger partial charge in [-0.3, -0.25) is 0 Å². The van der Waals surface area contributed by atoms with Crippen LogP contribution in [0.3, 0.4) is 0 Å². The van der Waals surface area contributed by atoms with E-state index in [0.29, 0.717) is 18.8 Å². The highest BCUT2D eigenvalue weighted by atomic mass is 16.5. The fraction of sp³-hybridized carbons (Fsp3) is 0.600. The van der Waals surface area contributed by atoms with Gasteiger partial charge in [0.25, 0.3) is 0 Å².